The number of rotatable bonds is 3. The number of fused-ring (bicyclic) bond motifs is 1. The van der Waals surface area contributed by atoms with E-state index in [1.54, 1.807) is 7.11 Å². The lowest BCUT2D eigenvalue weighted by Crippen LogP contribution is -2.09. The van der Waals surface area contributed by atoms with E-state index in [0.717, 1.165) is 22.4 Å². The van der Waals surface area contributed by atoms with Crippen LogP contribution in [0.15, 0.2) is 54.6 Å². The van der Waals surface area contributed by atoms with Crippen molar-refractivity contribution in [3.05, 3.63) is 66.0 Å². The van der Waals surface area contributed by atoms with Gasteiger partial charge in [-0.25, -0.2) is 4.98 Å². The van der Waals surface area contributed by atoms with Crippen LogP contribution in [0, 0.1) is 0 Å². The van der Waals surface area contributed by atoms with Crippen LogP contribution < -0.4 is 0 Å². The summed E-state index contributed by atoms with van der Waals surface area (Å²) in [6, 6.07) is 18.3. The predicted octanol–water partition coefficient (Wildman–Crippen LogP) is 3.31. The third-order valence-corrected chi connectivity index (χ3v) is 3.39. The fourth-order valence-corrected chi connectivity index (χ4v) is 2.42. The molecule has 0 bridgehead atoms. The fourth-order valence-electron chi connectivity index (χ4n) is 2.42. The van der Waals surface area contributed by atoms with E-state index in [2.05, 4.69) is 22.8 Å². The number of aryl methyl sites for hydroxylation is 1. The summed E-state index contributed by atoms with van der Waals surface area (Å²) in [5, 5.41) is 0. The van der Waals surface area contributed by atoms with Crippen molar-refractivity contribution in [1.82, 2.24) is 9.55 Å². The van der Waals surface area contributed by atoms with Gasteiger partial charge in [0.1, 0.15) is 11.9 Å². The number of imidazole rings is 1. The minimum absolute atomic E-state index is 0.140. The molecule has 1 heterocycles. The normalized spacial score (nSPS) is 12.7. The number of methoxy groups -OCH3 is 1. The molecule has 0 amide bonds. The second-order valence-corrected chi connectivity index (χ2v) is 4.54. The molecule has 3 heteroatoms. The molecule has 2 aromatic carbocycles. The standard InChI is InChI=1S/C16H16N2O/c1-18-14-11-7-6-10-13(14)17-16(18)15(19-2)12-8-4-3-5-9-12/h3-11,15H,1-2H3/t15-/m0/s1. The zero-order chi connectivity index (χ0) is 13.2. The summed E-state index contributed by atoms with van der Waals surface area (Å²) < 4.78 is 7.74. The van der Waals surface area contributed by atoms with Crippen molar-refractivity contribution in [2.75, 3.05) is 7.11 Å². The first kappa shape index (κ1) is 11.9. The van der Waals surface area contributed by atoms with Gasteiger partial charge in [0.15, 0.2) is 0 Å². The maximum Gasteiger partial charge on any atom is 0.143 e. The van der Waals surface area contributed by atoms with Crippen LogP contribution in [-0.2, 0) is 11.8 Å². The van der Waals surface area contributed by atoms with Gasteiger partial charge in [-0.15, -0.1) is 0 Å². The Kier molecular flexibility index (Phi) is 3.05. The maximum absolute atomic E-state index is 5.65. The molecule has 0 spiro atoms. The van der Waals surface area contributed by atoms with Crippen LogP contribution >= 0.6 is 0 Å². The van der Waals surface area contributed by atoms with E-state index >= 15 is 0 Å². The van der Waals surface area contributed by atoms with Crippen molar-refractivity contribution >= 4 is 11.0 Å². The Bertz CT molecular complexity index is 688. The monoisotopic (exact) mass is 252 g/mol. The summed E-state index contributed by atoms with van der Waals surface area (Å²) in [5.74, 6) is 0.926. The predicted molar refractivity (Wildman–Crippen MR) is 76.0 cm³/mol. The van der Waals surface area contributed by atoms with E-state index in [9.17, 15) is 0 Å². The molecule has 0 N–H and O–H groups in total. The van der Waals surface area contributed by atoms with Gasteiger partial charge in [-0.2, -0.15) is 0 Å². The van der Waals surface area contributed by atoms with Gasteiger partial charge < -0.3 is 9.30 Å². The van der Waals surface area contributed by atoms with E-state index < -0.39 is 0 Å². The number of para-hydroxylation sites is 2. The molecule has 96 valence electrons. The quantitative estimate of drug-likeness (QED) is 0.715. The number of hydrogen-bond donors (Lipinski definition) is 0. The SMILES string of the molecule is CO[C@@H](c1ccccc1)c1nc2ccccc2n1C. The molecule has 19 heavy (non-hydrogen) atoms. The van der Waals surface area contributed by atoms with E-state index in [4.69, 9.17) is 9.72 Å². The van der Waals surface area contributed by atoms with Crippen LogP contribution in [0.5, 0.6) is 0 Å². The lowest BCUT2D eigenvalue weighted by molar-refractivity contribution is 0.127. The lowest BCUT2D eigenvalue weighted by Gasteiger charge is -2.15. The molecule has 0 unspecified atom stereocenters. The Hall–Kier alpha value is -2.13. The highest BCUT2D eigenvalue weighted by Gasteiger charge is 2.19. The zero-order valence-electron chi connectivity index (χ0n) is 11.1. The fraction of sp³-hybridized carbons (Fsp3) is 0.188. The molecule has 0 saturated heterocycles. The molecule has 0 aliphatic carbocycles. The second-order valence-electron chi connectivity index (χ2n) is 4.54. The molecule has 3 rings (SSSR count). The molecule has 1 atom stereocenters. The molecule has 0 saturated carbocycles. The molecule has 0 aliphatic rings. The number of nitrogens with zero attached hydrogens (tertiary/aromatic N) is 2. The first-order chi connectivity index (χ1) is 9.31. The molecule has 3 aromatic rings. The molecule has 3 nitrogen and oxygen atoms in total. The van der Waals surface area contributed by atoms with Crippen molar-refractivity contribution in [3.63, 3.8) is 0 Å². The van der Waals surface area contributed by atoms with E-state index in [-0.39, 0.29) is 6.10 Å². The van der Waals surface area contributed by atoms with Crippen LogP contribution in [0.4, 0.5) is 0 Å². The molecular weight excluding hydrogens is 236 g/mol. The van der Waals surface area contributed by atoms with Crippen molar-refractivity contribution in [2.24, 2.45) is 7.05 Å². The summed E-state index contributed by atoms with van der Waals surface area (Å²) in [4.78, 5) is 4.70. The van der Waals surface area contributed by atoms with Gasteiger partial charge in [-0.05, 0) is 17.7 Å². The van der Waals surface area contributed by atoms with E-state index in [1.165, 1.54) is 0 Å². The van der Waals surface area contributed by atoms with Crippen molar-refractivity contribution in [1.29, 1.82) is 0 Å². The minimum atomic E-state index is -0.140. The Morgan fingerprint density at radius 2 is 1.68 bits per heavy atom. The summed E-state index contributed by atoms with van der Waals surface area (Å²) in [6.07, 6.45) is -0.140. The van der Waals surface area contributed by atoms with Gasteiger partial charge in [0, 0.05) is 14.2 Å². The number of hydrogen-bond acceptors (Lipinski definition) is 2. The van der Waals surface area contributed by atoms with Crippen molar-refractivity contribution < 1.29 is 4.74 Å². The van der Waals surface area contributed by atoms with Crippen molar-refractivity contribution in [3.8, 4) is 0 Å². The lowest BCUT2D eigenvalue weighted by atomic mass is 10.1. The first-order valence-corrected chi connectivity index (χ1v) is 6.30. The van der Waals surface area contributed by atoms with Gasteiger partial charge in [0.25, 0.3) is 0 Å². The summed E-state index contributed by atoms with van der Waals surface area (Å²) in [7, 11) is 3.75. The number of ether oxygens (including phenoxy) is 1. The third kappa shape index (κ3) is 2.02. The Balaban J connectivity index is 2.14. The van der Waals surface area contributed by atoms with Gasteiger partial charge in [0.2, 0.25) is 0 Å². The molecule has 0 fully saturated rings. The van der Waals surface area contributed by atoms with Crippen LogP contribution in [0.25, 0.3) is 11.0 Å². The highest BCUT2D eigenvalue weighted by atomic mass is 16.5. The topological polar surface area (TPSA) is 27.1 Å². The van der Waals surface area contributed by atoms with E-state index in [1.807, 2.05) is 43.4 Å². The first-order valence-electron chi connectivity index (χ1n) is 6.30. The summed E-state index contributed by atoms with van der Waals surface area (Å²) in [5.41, 5.74) is 3.23. The average Bonchev–Trinajstić information content (AvgIpc) is 2.79. The number of benzene rings is 2. The molecule has 0 radical (unpaired) electrons. The van der Waals surface area contributed by atoms with Gasteiger partial charge in [-0.1, -0.05) is 42.5 Å². The minimum Gasteiger partial charge on any atom is -0.369 e. The van der Waals surface area contributed by atoms with Gasteiger partial charge in [0.05, 0.1) is 11.0 Å². The Labute approximate surface area is 112 Å². The third-order valence-electron chi connectivity index (χ3n) is 3.39. The largest absolute Gasteiger partial charge is 0.369 e. The summed E-state index contributed by atoms with van der Waals surface area (Å²) >= 11 is 0. The molecular formula is C16H16N2O. The highest BCUT2D eigenvalue weighted by Crippen LogP contribution is 2.27. The van der Waals surface area contributed by atoms with Crippen LogP contribution in [0.1, 0.15) is 17.5 Å². The van der Waals surface area contributed by atoms with Crippen LogP contribution in [0.2, 0.25) is 0 Å². The van der Waals surface area contributed by atoms with Gasteiger partial charge >= 0.3 is 0 Å². The molecule has 0 aliphatic heterocycles. The van der Waals surface area contributed by atoms with Gasteiger partial charge in [-0.3, -0.25) is 0 Å². The number of aromatic nitrogens is 2. The summed E-state index contributed by atoms with van der Waals surface area (Å²) in [6.45, 7) is 0. The highest BCUT2D eigenvalue weighted by molar-refractivity contribution is 5.76. The average molecular weight is 252 g/mol. The smallest absolute Gasteiger partial charge is 0.143 e. The zero-order valence-corrected chi connectivity index (χ0v) is 11.1. The van der Waals surface area contributed by atoms with Crippen LogP contribution in [0.3, 0.4) is 0 Å². The molecule has 1 aromatic heterocycles. The second kappa shape index (κ2) is 4.86. The van der Waals surface area contributed by atoms with Crippen LogP contribution in [-0.4, -0.2) is 16.7 Å². The van der Waals surface area contributed by atoms with E-state index in [0.29, 0.717) is 0 Å². The Morgan fingerprint density at radius 3 is 2.37 bits per heavy atom. The maximum atomic E-state index is 5.65. The Morgan fingerprint density at radius 1 is 1.00 bits per heavy atom. The van der Waals surface area contributed by atoms with Crippen molar-refractivity contribution in [2.45, 2.75) is 6.10 Å².